The first-order valence-electron chi connectivity index (χ1n) is 10.7. The lowest BCUT2D eigenvalue weighted by atomic mass is 10.1. The van der Waals surface area contributed by atoms with Crippen LogP contribution >= 0.6 is 0 Å². The number of benzene rings is 2. The summed E-state index contributed by atoms with van der Waals surface area (Å²) in [5, 5.41) is 1.02. The maximum atomic E-state index is 13.5. The Kier molecular flexibility index (Phi) is 5.69. The first-order valence-corrected chi connectivity index (χ1v) is 10.7. The van der Waals surface area contributed by atoms with E-state index >= 15 is 0 Å². The summed E-state index contributed by atoms with van der Waals surface area (Å²) in [6, 6.07) is 17.4. The molecule has 31 heavy (non-hydrogen) atoms. The minimum absolute atomic E-state index is 0.0741. The van der Waals surface area contributed by atoms with E-state index in [0.717, 1.165) is 60.8 Å². The van der Waals surface area contributed by atoms with Crippen LogP contribution in [0.5, 0.6) is 11.5 Å². The van der Waals surface area contributed by atoms with Crippen molar-refractivity contribution in [2.24, 2.45) is 0 Å². The van der Waals surface area contributed by atoms with Crippen molar-refractivity contribution in [1.82, 2.24) is 9.88 Å². The first kappa shape index (κ1) is 19.8. The molecule has 0 saturated carbocycles. The monoisotopic (exact) mass is 420 g/mol. The molecule has 1 N–H and O–H groups in total. The number of pyridine rings is 1. The van der Waals surface area contributed by atoms with Gasteiger partial charge in [0.25, 0.3) is 5.91 Å². The number of fused-ring (bicyclic) bond motifs is 2. The van der Waals surface area contributed by atoms with Gasteiger partial charge in [0.15, 0.2) is 11.5 Å². The zero-order chi connectivity index (χ0) is 21.0. The molecule has 0 atom stereocenters. The van der Waals surface area contributed by atoms with Crippen LogP contribution < -0.4 is 14.4 Å². The van der Waals surface area contributed by atoms with E-state index in [1.807, 2.05) is 59.5 Å². The fraction of sp³-hybridized carbons (Fsp3) is 0.333. The Morgan fingerprint density at radius 1 is 1.00 bits per heavy atom. The van der Waals surface area contributed by atoms with Gasteiger partial charge >= 0.3 is 0 Å². The van der Waals surface area contributed by atoms with E-state index in [2.05, 4.69) is 4.98 Å². The average molecular weight is 420 g/mol. The van der Waals surface area contributed by atoms with Crippen LogP contribution in [-0.4, -0.2) is 62.0 Å². The molecule has 1 amide bonds. The van der Waals surface area contributed by atoms with E-state index in [0.29, 0.717) is 18.8 Å². The molecular formula is C24H26N3O4+. The zero-order valence-electron chi connectivity index (χ0n) is 17.4. The maximum Gasteiger partial charge on any atom is 0.272 e. The number of hydrogen-bond donors (Lipinski definition) is 1. The number of para-hydroxylation sites is 2. The molecule has 3 aromatic rings. The second kappa shape index (κ2) is 8.91. The smallest absolute Gasteiger partial charge is 0.272 e. The Hall–Kier alpha value is -3.16. The number of ether oxygens (including phenoxy) is 3. The molecule has 2 aliphatic heterocycles. The van der Waals surface area contributed by atoms with E-state index in [-0.39, 0.29) is 12.7 Å². The molecule has 1 aromatic heterocycles. The molecule has 0 unspecified atom stereocenters. The number of amides is 1. The van der Waals surface area contributed by atoms with Gasteiger partial charge in [-0.05, 0) is 18.2 Å². The Morgan fingerprint density at radius 2 is 1.87 bits per heavy atom. The summed E-state index contributed by atoms with van der Waals surface area (Å²) in [4.78, 5) is 21.5. The molecule has 3 heterocycles. The molecule has 0 aliphatic carbocycles. The minimum Gasteiger partial charge on any atom is -0.454 e. The molecule has 2 aliphatic rings. The van der Waals surface area contributed by atoms with Crippen LogP contribution in [0.25, 0.3) is 10.9 Å². The van der Waals surface area contributed by atoms with Gasteiger partial charge in [0.2, 0.25) is 6.79 Å². The zero-order valence-corrected chi connectivity index (χ0v) is 17.4. The van der Waals surface area contributed by atoms with Gasteiger partial charge in [-0.1, -0.05) is 36.4 Å². The molecule has 1 saturated heterocycles. The van der Waals surface area contributed by atoms with Crippen molar-refractivity contribution in [3.63, 3.8) is 0 Å². The van der Waals surface area contributed by atoms with Crippen LogP contribution in [0.1, 0.15) is 16.1 Å². The third kappa shape index (κ3) is 4.33. The first-order chi connectivity index (χ1) is 15.3. The van der Waals surface area contributed by atoms with Gasteiger partial charge in [-0.25, -0.2) is 4.98 Å². The lowest BCUT2D eigenvalue weighted by molar-refractivity contribution is -0.907. The van der Waals surface area contributed by atoms with Crippen molar-refractivity contribution in [2.75, 3.05) is 46.2 Å². The number of carbonyl (C=O) groups excluding carboxylic acids is 1. The highest BCUT2D eigenvalue weighted by Crippen LogP contribution is 2.36. The maximum absolute atomic E-state index is 13.5. The molecule has 5 rings (SSSR count). The molecule has 0 radical (unpaired) electrons. The van der Waals surface area contributed by atoms with Gasteiger partial charge in [-0.2, -0.15) is 0 Å². The summed E-state index contributed by atoms with van der Waals surface area (Å²) in [5.74, 6) is 1.38. The molecule has 1 fully saturated rings. The lowest BCUT2D eigenvalue weighted by Crippen LogP contribution is -3.14. The highest BCUT2D eigenvalue weighted by atomic mass is 16.7. The van der Waals surface area contributed by atoms with E-state index in [4.69, 9.17) is 14.2 Å². The average Bonchev–Trinajstić information content (AvgIpc) is 3.31. The summed E-state index contributed by atoms with van der Waals surface area (Å²) < 4.78 is 16.7. The van der Waals surface area contributed by atoms with Crippen LogP contribution in [0.3, 0.4) is 0 Å². The number of quaternary nitrogens is 1. The Bertz CT molecular complexity index is 1080. The second-order valence-electron chi connectivity index (χ2n) is 7.88. The standard InChI is InChI=1S/C24H25N3O4/c28-24(21-9-8-18-4-1-2-6-20(18)25-21)27(11-10-26-12-14-29-15-13-26)16-19-5-3-7-22-23(19)31-17-30-22/h1-9H,10-17H2/p+1. The van der Waals surface area contributed by atoms with Gasteiger partial charge in [0.1, 0.15) is 18.8 Å². The van der Waals surface area contributed by atoms with Crippen molar-refractivity contribution in [2.45, 2.75) is 6.54 Å². The number of hydrogen-bond acceptors (Lipinski definition) is 5. The molecule has 7 nitrogen and oxygen atoms in total. The number of rotatable bonds is 6. The van der Waals surface area contributed by atoms with Crippen molar-refractivity contribution in [3.8, 4) is 11.5 Å². The van der Waals surface area contributed by atoms with Crippen LogP contribution in [0.15, 0.2) is 54.6 Å². The Balaban J connectivity index is 1.40. The molecule has 7 heteroatoms. The van der Waals surface area contributed by atoms with Gasteiger partial charge in [-0.3, -0.25) is 4.79 Å². The summed E-state index contributed by atoms with van der Waals surface area (Å²) in [7, 11) is 0. The lowest BCUT2D eigenvalue weighted by Gasteiger charge is -2.28. The van der Waals surface area contributed by atoms with Crippen LogP contribution in [0.4, 0.5) is 0 Å². The van der Waals surface area contributed by atoms with E-state index < -0.39 is 0 Å². The quantitative estimate of drug-likeness (QED) is 0.655. The second-order valence-corrected chi connectivity index (χ2v) is 7.88. The predicted octanol–water partition coefficient (Wildman–Crippen LogP) is 1.52. The molecule has 0 spiro atoms. The van der Waals surface area contributed by atoms with Crippen molar-refractivity contribution >= 4 is 16.8 Å². The highest BCUT2D eigenvalue weighted by Gasteiger charge is 2.25. The van der Waals surface area contributed by atoms with E-state index in [9.17, 15) is 4.79 Å². The SMILES string of the molecule is O=C(c1ccc2ccccc2n1)N(CC[NH+]1CCOCC1)Cc1cccc2c1OCO2. The molecule has 2 aromatic carbocycles. The minimum atomic E-state index is -0.0741. The number of nitrogens with zero attached hydrogens (tertiary/aromatic N) is 2. The summed E-state index contributed by atoms with van der Waals surface area (Å²) >= 11 is 0. The Labute approximate surface area is 181 Å². The Morgan fingerprint density at radius 3 is 2.77 bits per heavy atom. The molecule has 0 bridgehead atoms. The third-order valence-corrected chi connectivity index (χ3v) is 5.88. The number of morpholine rings is 1. The van der Waals surface area contributed by atoms with Crippen molar-refractivity contribution < 1.29 is 23.9 Å². The van der Waals surface area contributed by atoms with Gasteiger partial charge in [0.05, 0.1) is 38.4 Å². The van der Waals surface area contributed by atoms with Gasteiger partial charge < -0.3 is 24.0 Å². The predicted molar refractivity (Wildman–Crippen MR) is 115 cm³/mol. The largest absolute Gasteiger partial charge is 0.454 e. The topological polar surface area (TPSA) is 65.3 Å². The van der Waals surface area contributed by atoms with Crippen LogP contribution in [0.2, 0.25) is 0 Å². The summed E-state index contributed by atoms with van der Waals surface area (Å²) in [5.41, 5.74) is 2.23. The third-order valence-electron chi connectivity index (χ3n) is 5.88. The summed E-state index contributed by atoms with van der Waals surface area (Å²) in [6.07, 6.45) is 0. The number of carbonyl (C=O) groups is 1. The normalized spacial score (nSPS) is 15.9. The van der Waals surface area contributed by atoms with Crippen molar-refractivity contribution in [3.05, 3.63) is 65.9 Å². The number of aromatic nitrogens is 1. The van der Waals surface area contributed by atoms with Gasteiger partial charge in [-0.15, -0.1) is 0 Å². The number of nitrogens with one attached hydrogen (secondary N) is 1. The van der Waals surface area contributed by atoms with Gasteiger partial charge in [0, 0.05) is 10.9 Å². The highest BCUT2D eigenvalue weighted by molar-refractivity contribution is 5.95. The fourth-order valence-corrected chi connectivity index (χ4v) is 4.12. The van der Waals surface area contributed by atoms with E-state index in [1.54, 1.807) is 0 Å². The van der Waals surface area contributed by atoms with E-state index in [1.165, 1.54) is 4.90 Å². The summed E-state index contributed by atoms with van der Waals surface area (Å²) in [6.45, 7) is 5.64. The fourth-order valence-electron chi connectivity index (χ4n) is 4.12. The molecular weight excluding hydrogens is 394 g/mol. The molecule has 160 valence electrons. The van der Waals surface area contributed by atoms with Crippen molar-refractivity contribution in [1.29, 1.82) is 0 Å². The van der Waals surface area contributed by atoms with Crippen LogP contribution in [-0.2, 0) is 11.3 Å². The van der Waals surface area contributed by atoms with Crippen LogP contribution in [0, 0.1) is 0 Å².